The molecule has 0 spiro atoms. The van der Waals surface area contributed by atoms with Gasteiger partial charge in [-0.25, -0.2) is 9.97 Å². The standard InChI is InChI=1S/C22H32N4O2/c1-16(2)27-20-12-18(13-21(14-20)28-17(3)4)15-26-10-6-19(7-11-26)25-22-23-8-5-9-24-22/h5,8-9,12-14,16-17,19H,6-7,10-11,15H2,1-4H3,(H,23,24,25). The molecule has 0 bridgehead atoms. The molecule has 2 aromatic rings. The highest BCUT2D eigenvalue weighted by molar-refractivity contribution is 5.39. The molecule has 0 atom stereocenters. The van der Waals surface area contributed by atoms with Gasteiger partial charge in [0, 0.05) is 44.1 Å². The minimum Gasteiger partial charge on any atom is -0.491 e. The van der Waals surface area contributed by atoms with Crippen molar-refractivity contribution in [3.8, 4) is 11.5 Å². The van der Waals surface area contributed by atoms with E-state index >= 15 is 0 Å². The maximum atomic E-state index is 5.93. The second kappa shape index (κ2) is 9.73. The Morgan fingerprint density at radius 2 is 1.54 bits per heavy atom. The summed E-state index contributed by atoms with van der Waals surface area (Å²) in [6.45, 7) is 11.2. The van der Waals surface area contributed by atoms with Crippen molar-refractivity contribution in [2.24, 2.45) is 0 Å². The fourth-order valence-corrected chi connectivity index (χ4v) is 3.45. The van der Waals surface area contributed by atoms with Crippen LogP contribution in [-0.4, -0.2) is 46.2 Å². The minimum absolute atomic E-state index is 0.143. The van der Waals surface area contributed by atoms with E-state index in [1.807, 2.05) is 39.8 Å². The van der Waals surface area contributed by atoms with E-state index in [1.165, 1.54) is 5.56 Å². The molecular weight excluding hydrogens is 352 g/mol. The summed E-state index contributed by atoms with van der Waals surface area (Å²) in [4.78, 5) is 11.0. The third-order valence-electron chi connectivity index (χ3n) is 4.58. The number of rotatable bonds is 8. The van der Waals surface area contributed by atoms with Gasteiger partial charge in [0.1, 0.15) is 11.5 Å². The fourth-order valence-electron chi connectivity index (χ4n) is 3.45. The third-order valence-corrected chi connectivity index (χ3v) is 4.58. The van der Waals surface area contributed by atoms with Crippen LogP contribution in [-0.2, 0) is 6.54 Å². The van der Waals surface area contributed by atoms with Crippen LogP contribution in [0, 0.1) is 0 Å². The number of nitrogens with one attached hydrogen (secondary N) is 1. The number of aromatic nitrogens is 2. The SMILES string of the molecule is CC(C)Oc1cc(CN2CCC(Nc3ncccn3)CC2)cc(OC(C)C)c1. The molecule has 1 aliphatic rings. The second-order valence-corrected chi connectivity index (χ2v) is 7.91. The van der Waals surface area contributed by atoms with Gasteiger partial charge in [-0.1, -0.05) is 0 Å². The summed E-state index contributed by atoms with van der Waals surface area (Å²) in [6, 6.07) is 8.51. The van der Waals surface area contributed by atoms with Gasteiger partial charge in [0.2, 0.25) is 5.95 Å². The predicted molar refractivity (Wildman–Crippen MR) is 112 cm³/mol. The first-order valence-electron chi connectivity index (χ1n) is 10.2. The number of hydrogen-bond donors (Lipinski definition) is 1. The van der Waals surface area contributed by atoms with Gasteiger partial charge in [-0.05, 0) is 64.3 Å². The topological polar surface area (TPSA) is 59.5 Å². The third kappa shape index (κ3) is 6.37. The van der Waals surface area contributed by atoms with Gasteiger partial charge >= 0.3 is 0 Å². The van der Waals surface area contributed by atoms with Crippen LogP contribution in [0.3, 0.4) is 0 Å². The van der Waals surface area contributed by atoms with E-state index in [4.69, 9.17) is 9.47 Å². The number of anilines is 1. The first-order valence-corrected chi connectivity index (χ1v) is 10.2. The molecule has 152 valence electrons. The quantitative estimate of drug-likeness (QED) is 0.738. The lowest BCUT2D eigenvalue weighted by molar-refractivity contribution is 0.207. The van der Waals surface area contributed by atoms with E-state index in [9.17, 15) is 0 Å². The van der Waals surface area contributed by atoms with Gasteiger partial charge in [-0.3, -0.25) is 4.90 Å². The Balaban J connectivity index is 1.58. The average Bonchev–Trinajstić information content (AvgIpc) is 2.63. The molecule has 1 fully saturated rings. The Kier molecular flexibility index (Phi) is 7.09. The number of nitrogens with zero attached hydrogens (tertiary/aromatic N) is 3. The molecule has 1 aromatic carbocycles. The van der Waals surface area contributed by atoms with Gasteiger partial charge in [-0.15, -0.1) is 0 Å². The highest BCUT2D eigenvalue weighted by atomic mass is 16.5. The molecule has 1 aromatic heterocycles. The lowest BCUT2D eigenvalue weighted by Gasteiger charge is -2.32. The normalized spacial score (nSPS) is 15.8. The van der Waals surface area contributed by atoms with Crippen molar-refractivity contribution in [1.82, 2.24) is 14.9 Å². The number of ether oxygens (including phenoxy) is 2. The van der Waals surface area contributed by atoms with Crippen molar-refractivity contribution in [3.63, 3.8) is 0 Å². The maximum absolute atomic E-state index is 5.93. The molecule has 3 rings (SSSR count). The lowest BCUT2D eigenvalue weighted by Crippen LogP contribution is -2.38. The van der Waals surface area contributed by atoms with Crippen molar-refractivity contribution in [1.29, 1.82) is 0 Å². The first-order chi connectivity index (χ1) is 13.5. The fraction of sp³-hybridized carbons (Fsp3) is 0.545. The Labute approximate surface area is 168 Å². The number of benzene rings is 1. The van der Waals surface area contributed by atoms with Crippen LogP contribution in [0.5, 0.6) is 11.5 Å². The molecule has 0 unspecified atom stereocenters. The summed E-state index contributed by atoms with van der Waals surface area (Å²) in [6.07, 6.45) is 5.99. The Hall–Kier alpha value is -2.34. The molecule has 6 heteroatoms. The van der Waals surface area contributed by atoms with Gasteiger partial charge in [-0.2, -0.15) is 0 Å². The Morgan fingerprint density at radius 3 is 2.07 bits per heavy atom. The molecule has 0 amide bonds. The predicted octanol–water partition coefficient (Wildman–Crippen LogP) is 4.13. The molecule has 1 aliphatic heterocycles. The maximum Gasteiger partial charge on any atom is 0.222 e. The van der Waals surface area contributed by atoms with Crippen LogP contribution in [0.2, 0.25) is 0 Å². The summed E-state index contributed by atoms with van der Waals surface area (Å²) in [5.41, 5.74) is 1.23. The van der Waals surface area contributed by atoms with E-state index in [0.717, 1.165) is 49.9 Å². The molecule has 1 N–H and O–H groups in total. The van der Waals surface area contributed by atoms with E-state index in [0.29, 0.717) is 6.04 Å². The zero-order chi connectivity index (χ0) is 19.9. The molecule has 2 heterocycles. The summed E-state index contributed by atoms with van der Waals surface area (Å²) < 4.78 is 11.9. The van der Waals surface area contributed by atoms with Crippen molar-refractivity contribution in [2.75, 3.05) is 18.4 Å². The lowest BCUT2D eigenvalue weighted by atomic mass is 10.0. The Bertz CT molecular complexity index is 700. The molecule has 28 heavy (non-hydrogen) atoms. The molecular formula is C22H32N4O2. The monoisotopic (exact) mass is 384 g/mol. The van der Waals surface area contributed by atoms with Crippen molar-refractivity contribution < 1.29 is 9.47 Å². The number of piperidine rings is 1. The molecule has 1 saturated heterocycles. The minimum atomic E-state index is 0.143. The zero-order valence-electron chi connectivity index (χ0n) is 17.4. The van der Waals surface area contributed by atoms with Gasteiger partial charge < -0.3 is 14.8 Å². The molecule has 6 nitrogen and oxygen atoms in total. The Morgan fingerprint density at radius 1 is 0.964 bits per heavy atom. The highest BCUT2D eigenvalue weighted by Crippen LogP contribution is 2.26. The zero-order valence-corrected chi connectivity index (χ0v) is 17.4. The van der Waals surface area contributed by atoms with Crippen molar-refractivity contribution in [2.45, 2.75) is 65.3 Å². The highest BCUT2D eigenvalue weighted by Gasteiger charge is 2.20. The van der Waals surface area contributed by atoms with Crippen LogP contribution in [0.1, 0.15) is 46.1 Å². The summed E-state index contributed by atoms with van der Waals surface area (Å²) in [7, 11) is 0. The molecule has 0 radical (unpaired) electrons. The van der Waals surface area contributed by atoms with Crippen LogP contribution in [0.25, 0.3) is 0 Å². The summed E-state index contributed by atoms with van der Waals surface area (Å²) in [5.74, 6) is 2.47. The average molecular weight is 385 g/mol. The van der Waals surface area contributed by atoms with Crippen LogP contribution < -0.4 is 14.8 Å². The first kappa shape index (κ1) is 20.4. The number of likely N-dealkylation sites (tertiary alicyclic amines) is 1. The van der Waals surface area contributed by atoms with E-state index in [2.05, 4.69) is 32.3 Å². The van der Waals surface area contributed by atoms with Gasteiger partial charge in [0.25, 0.3) is 0 Å². The van der Waals surface area contributed by atoms with Crippen molar-refractivity contribution in [3.05, 3.63) is 42.2 Å². The van der Waals surface area contributed by atoms with Crippen molar-refractivity contribution >= 4 is 5.95 Å². The largest absolute Gasteiger partial charge is 0.491 e. The summed E-state index contributed by atoms with van der Waals surface area (Å²) >= 11 is 0. The van der Waals surface area contributed by atoms with E-state index < -0.39 is 0 Å². The molecule has 0 saturated carbocycles. The van der Waals surface area contributed by atoms with Gasteiger partial charge in [0.15, 0.2) is 0 Å². The number of hydrogen-bond acceptors (Lipinski definition) is 6. The van der Waals surface area contributed by atoms with Crippen LogP contribution in [0.4, 0.5) is 5.95 Å². The summed E-state index contributed by atoms with van der Waals surface area (Å²) in [5, 5.41) is 3.44. The van der Waals surface area contributed by atoms with E-state index in [-0.39, 0.29) is 12.2 Å². The van der Waals surface area contributed by atoms with Crippen LogP contribution >= 0.6 is 0 Å². The smallest absolute Gasteiger partial charge is 0.222 e. The van der Waals surface area contributed by atoms with Crippen LogP contribution in [0.15, 0.2) is 36.7 Å². The molecule has 0 aliphatic carbocycles. The van der Waals surface area contributed by atoms with Gasteiger partial charge in [0.05, 0.1) is 12.2 Å². The van der Waals surface area contributed by atoms with E-state index in [1.54, 1.807) is 12.4 Å². The second-order valence-electron chi connectivity index (χ2n) is 7.91.